The molecular weight excluding hydrogens is 307 g/mol. The van der Waals surface area contributed by atoms with Crippen molar-refractivity contribution in [3.8, 4) is 5.75 Å². The summed E-state index contributed by atoms with van der Waals surface area (Å²) in [4.78, 5) is 12.6. The molecule has 2 aromatic rings. The molecular formula is C17H14Cl2O2. The molecule has 1 fully saturated rings. The van der Waals surface area contributed by atoms with E-state index in [0.29, 0.717) is 21.4 Å². The van der Waals surface area contributed by atoms with E-state index in [1.165, 1.54) is 12.7 Å². The van der Waals surface area contributed by atoms with Gasteiger partial charge in [-0.1, -0.05) is 53.5 Å². The Morgan fingerprint density at radius 3 is 2.52 bits per heavy atom. The first-order valence-electron chi connectivity index (χ1n) is 6.74. The molecule has 3 rings (SSSR count). The summed E-state index contributed by atoms with van der Waals surface area (Å²) in [6, 6.07) is 13.3. The summed E-state index contributed by atoms with van der Waals surface area (Å²) in [6.07, 6.45) is 0.864. The highest BCUT2D eigenvalue weighted by Gasteiger charge is 2.44. The Balaban J connectivity index is 1.83. The minimum Gasteiger partial charge on any atom is -0.495 e. The molecule has 21 heavy (non-hydrogen) atoms. The van der Waals surface area contributed by atoms with Gasteiger partial charge in [0.05, 0.1) is 17.2 Å². The smallest absolute Gasteiger partial charge is 0.168 e. The standard InChI is InChI=1S/C17H14Cl2O2/c1-21-16-9-14(18)13(8-15(16)19)17(20)12-7-11(12)10-5-3-2-4-6-10/h2-6,8-9,11-12H,7H2,1H3. The molecule has 108 valence electrons. The molecule has 1 saturated carbocycles. The van der Waals surface area contributed by atoms with Gasteiger partial charge in [-0.2, -0.15) is 0 Å². The number of rotatable bonds is 4. The van der Waals surface area contributed by atoms with Crippen LogP contribution in [0.4, 0.5) is 0 Å². The van der Waals surface area contributed by atoms with Gasteiger partial charge < -0.3 is 4.74 Å². The number of ether oxygens (including phenoxy) is 1. The molecule has 2 atom stereocenters. The monoisotopic (exact) mass is 320 g/mol. The highest BCUT2D eigenvalue weighted by Crippen LogP contribution is 2.50. The summed E-state index contributed by atoms with van der Waals surface area (Å²) in [5, 5.41) is 0.794. The first-order valence-corrected chi connectivity index (χ1v) is 7.49. The predicted octanol–water partition coefficient (Wildman–Crippen LogP) is 4.99. The molecule has 4 heteroatoms. The second-order valence-corrected chi connectivity index (χ2v) is 6.00. The van der Waals surface area contributed by atoms with Gasteiger partial charge in [0.25, 0.3) is 0 Å². The summed E-state index contributed by atoms with van der Waals surface area (Å²) in [5.41, 5.74) is 1.68. The zero-order valence-electron chi connectivity index (χ0n) is 11.5. The number of hydrogen-bond acceptors (Lipinski definition) is 2. The van der Waals surface area contributed by atoms with Gasteiger partial charge in [-0.3, -0.25) is 4.79 Å². The molecule has 1 aliphatic rings. The van der Waals surface area contributed by atoms with E-state index >= 15 is 0 Å². The summed E-state index contributed by atoms with van der Waals surface area (Å²) in [6.45, 7) is 0. The second kappa shape index (κ2) is 5.70. The molecule has 0 bridgehead atoms. The lowest BCUT2D eigenvalue weighted by Gasteiger charge is -2.08. The molecule has 2 aromatic carbocycles. The quantitative estimate of drug-likeness (QED) is 0.742. The number of hydrogen-bond donors (Lipinski definition) is 0. The van der Waals surface area contributed by atoms with Crippen LogP contribution in [-0.2, 0) is 0 Å². The molecule has 0 saturated heterocycles. The lowest BCUT2D eigenvalue weighted by Crippen LogP contribution is -2.04. The summed E-state index contributed by atoms with van der Waals surface area (Å²) in [7, 11) is 1.52. The fourth-order valence-electron chi connectivity index (χ4n) is 2.63. The molecule has 0 spiro atoms. The summed E-state index contributed by atoms with van der Waals surface area (Å²) in [5.74, 6) is 0.817. The predicted molar refractivity (Wildman–Crippen MR) is 84.6 cm³/mol. The van der Waals surface area contributed by atoms with Crippen molar-refractivity contribution < 1.29 is 9.53 Å². The fraction of sp³-hybridized carbons (Fsp3) is 0.235. The van der Waals surface area contributed by atoms with Gasteiger partial charge in [-0.15, -0.1) is 0 Å². The van der Waals surface area contributed by atoms with Crippen LogP contribution in [-0.4, -0.2) is 12.9 Å². The van der Waals surface area contributed by atoms with E-state index in [1.807, 2.05) is 18.2 Å². The third-order valence-corrected chi connectivity index (χ3v) is 4.47. The van der Waals surface area contributed by atoms with Crippen LogP contribution >= 0.6 is 23.2 Å². The van der Waals surface area contributed by atoms with E-state index < -0.39 is 0 Å². The average Bonchev–Trinajstić information content (AvgIpc) is 3.30. The molecule has 0 aromatic heterocycles. The van der Waals surface area contributed by atoms with E-state index in [9.17, 15) is 4.79 Å². The van der Waals surface area contributed by atoms with Crippen molar-refractivity contribution in [1.29, 1.82) is 0 Å². The van der Waals surface area contributed by atoms with E-state index in [-0.39, 0.29) is 17.6 Å². The van der Waals surface area contributed by atoms with Crippen LogP contribution in [0.15, 0.2) is 42.5 Å². The number of halogens is 2. The van der Waals surface area contributed by atoms with Crippen molar-refractivity contribution >= 4 is 29.0 Å². The Morgan fingerprint density at radius 2 is 1.86 bits per heavy atom. The number of benzene rings is 2. The van der Waals surface area contributed by atoms with Gasteiger partial charge in [-0.05, 0) is 24.0 Å². The molecule has 0 aliphatic heterocycles. The van der Waals surface area contributed by atoms with Gasteiger partial charge in [0, 0.05) is 17.5 Å². The first-order chi connectivity index (χ1) is 10.1. The zero-order chi connectivity index (χ0) is 15.0. The van der Waals surface area contributed by atoms with Crippen LogP contribution in [0.2, 0.25) is 10.0 Å². The minimum atomic E-state index is -0.00522. The molecule has 0 N–H and O–H groups in total. The Hall–Kier alpha value is -1.51. The largest absolute Gasteiger partial charge is 0.495 e. The minimum absolute atomic E-state index is 0.00522. The Kier molecular flexibility index (Phi) is 3.92. The van der Waals surface area contributed by atoms with Gasteiger partial charge in [-0.25, -0.2) is 0 Å². The maximum absolute atomic E-state index is 12.6. The average molecular weight is 321 g/mol. The molecule has 2 nitrogen and oxygen atoms in total. The number of methoxy groups -OCH3 is 1. The topological polar surface area (TPSA) is 26.3 Å². The van der Waals surface area contributed by atoms with Gasteiger partial charge in [0.2, 0.25) is 0 Å². The van der Waals surface area contributed by atoms with Crippen molar-refractivity contribution in [3.05, 3.63) is 63.6 Å². The Morgan fingerprint density at radius 1 is 1.14 bits per heavy atom. The van der Waals surface area contributed by atoms with Crippen LogP contribution in [0.5, 0.6) is 5.75 Å². The van der Waals surface area contributed by atoms with Crippen LogP contribution in [0.3, 0.4) is 0 Å². The zero-order valence-corrected chi connectivity index (χ0v) is 13.0. The first kappa shape index (κ1) is 14.4. The normalized spacial score (nSPS) is 20.1. The van der Waals surface area contributed by atoms with Gasteiger partial charge in [0.15, 0.2) is 5.78 Å². The van der Waals surface area contributed by atoms with Crippen molar-refractivity contribution in [3.63, 3.8) is 0 Å². The summed E-state index contributed by atoms with van der Waals surface area (Å²) < 4.78 is 5.10. The number of ketones is 1. The molecule has 0 amide bonds. The number of Topliss-reactive ketones (excluding diaryl/α,β-unsaturated/α-hetero) is 1. The third-order valence-electron chi connectivity index (χ3n) is 3.86. The van der Waals surface area contributed by atoms with Crippen LogP contribution in [0.25, 0.3) is 0 Å². The van der Waals surface area contributed by atoms with E-state index in [4.69, 9.17) is 27.9 Å². The van der Waals surface area contributed by atoms with E-state index in [0.717, 1.165) is 6.42 Å². The number of carbonyl (C=O) groups excluding carboxylic acids is 1. The van der Waals surface area contributed by atoms with E-state index in [1.54, 1.807) is 12.1 Å². The van der Waals surface area contributed by atoms with Crippen LogP contribution in [0, 0.1) is 5.92 Å². The third kappa shape index (κ3) is 2.78. The lowest BCUT2D eigenvalue weighted by atomic mass is 10.0. The SMILES string of the molecule is COc1cc(Cl)c(C(=O)C2CC2c2ccccc2)cc1Cl. The van der Waals surface area contributed by atoms with Crippen molar-refractivity contribution in [2.75, 3.05) is 7.11 Å². The van der Waals surface area contributed by atoms with Crippen molar-refractivity contribution in [2.45, 2.75) is 12.3 Å². The highest BCUT2D eigenvalue weighted by molar-refractivity contribution is 6.37. The maximum atomic E-state index is 12.6. The lowest BCUT2D eigenvalue weighted by molar-refractivity contribution is 0.0965. The van der Waals surface area contributed by atoms with Crippen molar-refractivity contribution in [2.24, 2.45) is 5.92 Å². The molecule has 2 unspecified atom stereocenters. The van der Waals surface area contributed by atoms with Gasteiger partial charge >= 0.3 is 0 Å². The van der Waals surface area contributed by atoms with Crippen molar-refractivity contribution in [1.82, 2.24) is 0 Å². The molecule has 0 heterocycles. The molecule has 0 radical (unpaired) electrons. The second-order valence-electron chi connectivity index (χ2n) is 5.19. The summed E-state index contributed by atoms with van der Waals surface area (Å²) >= 11 is 12.3. The molecule has 1 aliphatic carbocycles. The van der Waals surface area contributed by atoms with Gasteiger partial charge in [0.1, 0.15) is 5.75 Å². The van der Waals surface area contributed by atoms with Crippen LogP contribution in [0.1, 0.15) is 28.3 Å². The van der Waals surface area contributed by atoms with E-state index in [2.05, 4.69) is 12.1 Å². The Bertz CT molecular complexity index is 683. The van der Waals surface area contributed by atoms with Crippen LogP contribution < -0.4 is 4.74 Å². The number of carbonyl (C=O) groups is 1. The fourth-order valence-corrected chi connectivity index (χ4v) is 3.11. The maximum Gasteiger partial charge on any atom is 0.168 e. The Labute approximate surface area is 133 Å². The highest BCUT2D eigenvalue weighted by atomic mass is 35.5.